The highest BCUT2D eigenvalue weighted by atomic mass is 16.2. The summed E-state index contributed by atoms with van der Waals surface area (Å²) in [5, 5.41) is 7.63. The molecule has 1 aromatic rings. The van der Waals surface area contributed by atoms with Crippen LogP contribution in [0.3, 0.4) is 0 Å². The van der Waals surface area contributed by atoms with E-state index in [1.807, 2.05) is 25.1 Å². The topological polar surface area (TPSA) is 50.2 Å². The van der Waals surface area contributed by atoms with Gasteiger partial charge in [0.2, 0.25) is 0 Å². The van der Waals surface area contributed by atoms with Crippen molar-refractivity contribution in [1.82, 2.24) is 20.0 Å². The molecule has 0 aliphatic carbocycles. The van der Waals surface area contributed by atoms with Gasteiger partial charge in [0.05, 0.1) is 11.3 Å². The Hall–Kier alpha value is -1.36. The largest absolute Gasteiger partial charge is 0.339 e. The Balaban J connectivity index is 1.91. The third-order valence-electron chi connectivity index (χ3n) is 3.83. The van der Waals surface area contributed by atoms with Crippen LogP contribution in [0.25, 0.3) is 0 Å². The number of piperidine rings is 1. The highest BCUT2D eigenvalue weighted by Crippen LogP contribution is 2.19. The van der Waals surface area contributed by atoms with E-state index in [9.17, 15) is 4.79 Å². The van der Waals surface area contributed by atoms with Gasteiger partial charge < -0.3 is 10.2 Å². The van der Waals surface area contributed by atoms with E-state index in [4.69, 9.17) is 0 Å². The second kappa shape index (κ2) is 6.19. The molecule has 0 atom stereocenters. The summed E-state index contributed by atoms with van der Waals surface area (Å²) < 4.78 is 1.71. The van der Waals surface area contributed by atoms with Crippen molar-refractivity contribution >= 4 is 5.91 Å². The first-order valence-electron chi connectivity index (χ1n) is 7.12. The van der Waals surface area contributed by atoms with Crippen LogP contribution in [0.15, 0.2) is 6.20 Å². The predicted octanol–water partition coefficient (Wildman–Crippen LogP) is 1.19. The van der Waals surface area contributed by atoms with E-state index in [-0.39, 0.29) is 5.91 Å². The molecule has 1 amide bonds. The van der Waals surface area contributed by atoms with Gasteiger partial charge in [0, 0.05) is 26.3 Å². The van der Waals surface area contributed by atoms with Crippen LogP contribution in [0.5, 0.6) is 0 Å². The highest BCUT2D eigenvalue weighted by molar-refractivity contribution is 5.95. The molecule has 0 unspecified atom stereocenters. The first-order valence-corrected chi connectivity index (χ1v) is 7.12. The molecule has 1 aromatic heterocycles. The summed E-state index contributed by atoms with van der Waals surface area (Å²) in [6.07, 6.45) is 4.01. The number of aryl methyl sites for hydroxylation is 2. The van der Waals surface area contributed by atoms with Crippen LogP contribution >= 0.6 is 0 Å². The average Bonchev–Trinajstić information content (AvgIpc) is 2.75. The zero-order valence-electron chi connectivity index (χ0n) is 12.1. The molecule has 0 bridgehead atoms. The van der Waals surface area contributed by atoms with Gasteiger partial charge in [-0.05, 0) is 38.8 Å². The number of likely N-dealkylation sites (tertiary alicyclic amines) is 1. The number of carbonyl (C=O) groups excluding carboxylic acids is 1. The fraction of sp³-hybridized carbons (Fsp3) is 0.714. The number of nitrogens with zero attached hydrogens (tertiary/aromatic N) is 3. The quantitative estimate of drug-likeness (QED) is 0.888. The maximum Gasteiger partial charge on any atom is 0.257 e. The van der Waals surface area contributed by atoms with Gasteiger partial charge >= 0.3 is 0 Å². The van der Waals surface area contributed by atoms with Gasteiger partial charge in [-0.1, -0.05) is 6.92 Å². The SMILES string of the molecule is CCNCC1CCN(C(=O)c2cn(C)nc2C)CC1. The van der Waals surface area contributed by atoms with Crippen molar-refractivity contribution in [3.05, 3.63) is 17.5 Å². The van der Waals surface area contributed by atoms with Gasteiger partial charge in [-0.2, -0.15) is 5.10 Å². The first-order chi connectivity index (χ1) is 9.11. The number of hydrogen-bond acceptors (Lipinski definition) is 3. The predicted molar refractivity (Wildman–Crippen MR) is 75.1 cm³/mol. The summed E-state index contributed by atoms with van der Waals surface area (Å²) in [6.45, 7) is 7.85. The minimum Gasteiger partial charge on any atom is -0.339 e. The van der Waals surface area contributed by atoms with Gasteiger partial charge in [0.1, 0.15) is 0 Å². The van der Waals surface area contributed by atoms with E-state index < -0.39 is 0 Å². The minimum absolute atomic E-state index is 0.132. The fourth-order valence-electron chi connectivity index (χ4n) is 2.67. The zero-order valence-corrected chi connectivity index (χ0v) is 12.1. The van der Waals surface area contributed by atoms with Gasteiger partial charge in [0.25, 0.3) is 5.91 Å². The lowest BCUT2D eigenvalue weighted by atomic mass is 9.96. The van der Waals surface area contributed by atoms with Gasteiger partial charge in [-0.3, -0.25) is 9.48 Å². The molecule has 0 radical (unpaired) electrons. The summed E-state index contributed by atoms with van der Waals surface area (Å²) in [5.74, 6) is 0.839. The Labute approximate surface area is 115 Å². The molecule has 2 rings (SSSR count). The summed E-state index contributed by atoms with van der Waals surface area (Å²) in [5.41, 5.74) is 1.56. The van der Waals surface area contributed by atoms with Crippen molar-refractivity contribution in [2.24, 2.45) is 13.0 Å². The van der Waals surface area contributed by atoms with E-state index in [0.717, 1.165) is 50.3 Å². The summed E-state index contributed by atoms with van der Waals surface area (Å²) >= 11 is 0. The Morgan fingerprint density at radius 1 is 1.47 bits per heavy atom. The van der Waals surface area contributed by atoms with Gasteiger partial charge in [-0.15, -0.1) is 0 Å². The Kier molecular flexibility index (Phi) is 4.58. The molecule has 1 N–H and O–H groups in total. The van der Waals surface area contributed by atoms with Crippen molar-refractivity contribution < 1.29 is 4.79 Å². The molecular formula is C14H24N4O. The van der Waals surface area contributed by atoms with E-state index in [1.54, 1.807) is 4.68 Å². The lowest BCUT2D eigenvalue weighted by Gasteiger charge is -2.32. The molecule has 0 saturated carbocycles. The number of amides is 1. The second-order valence-corrected chi connectivity index (χ2v) is 5.35. The van der Waals surface area contributed by atoms with Gasteiger partial charge in [-0.25, -0.2) is 0 Å². The normalized spacial score (nSPS) is 16.9. The Morgan fingerprint density at radius 3 is 2.68 bits per heavy atom. The van der Waals surface area contributed by atoms with Crippen molar-refractivity contribution in [2.45, 2.75) is 26.7 Å². The number of aromatic nitrogens is 2. The Morgan fingerprint density at radius 2 is 2.16 bits per heavy atom. The summed E-state index contributed by atoms with van der Waals surface area (Å²) in [4.78, 5) is 14.4. The maximum atomic E-state index is 12.4. The van der Waals surface area contributed by atoms with E-state index >= 15 is 0 Å². The first kappa shape index (κ1) is 14.1. The zero-order chi connectivity index (χ0) is 13.8. The summed E-state index contributed by atoms with van der Waals surface area (Å²) in [6, 6.07) is 0. The summed E-state index contributed by atoms with van der Waals surface area (Å²) in [7, 11) is 1.85. The number of nitrogens with one attached hydrogen (secondary N) is 1. The van der Waals surface area contributed by atoms with Crippen molar-refractivity contribution in [3.8, 4) is 0 Å². The number of hydrogen-bond donors (Lipinski definition) is 1. The molecule has 0 spiro atoms. The van der Waals surface area contributed by atoms with Crippen LogP contribution in [0.4, 0.5) is 0 Å². The van der Waals surface area contributed by atoms with Crippen LogP contribution in [0, 0.1) is 12.8 Å². The van der Waals surface area contributed by atoms with Crippen LogP contribution in [0.1, 0.15) is 35.8 Å². The maximum absolute atomic E-state index is 12.4. The molecule has 5 heteroatoms. The number of carbonyl (C=O) groups is 1. The molecule has 106 valence electrons. The van der Waals surface area contributed by atoms with E-state index in [0.29, 0.717) is 5.92 Å². The average molecular weight is 264 g/mol. The van der Waals surface area contributed by atoms with Crippen LogP contribution in [-0.2, 0) is 7.05 Å². The van der Waals surface area contributed by atoms with Crippen molar-refractivity contribution in [3.63, 3.8) is 0 Å². The fourth-order valence-corrected chi connectivity index (χ4v) is 2.67. The van der Waals surface area contributed by atoms with Crippen molar-refractivity contribution in [1.29, 1.82) is 0 Å². The lowest BCUT2D eigenvalue weighted by molar-refractivity contribution is 0.0689. The molecule has 5 nitrogen and oxygen atoms in total. The van der Waals surface area contributed by atoms with Crippen LogP contribution in [-0.4, -0.2) is 46.8 Å². The molecule has 0 aromatic carbocycles. The van der Waals surface area contributed by atoms with Crippen molar-refractivity contribution in [2.75, 3.05) is 26.2 Å². The monoisotopic (exact) mass is 264 g/mol. The van der Waals surface area contributed by atoms with E-state index in [1.165, 1.54) is 0 Å². The minimum atomic E-state index is 0.132. The highest BCUT2D eigenvalue weighted by Gasteiger charge is 2.25. The molecule has 2 heterocycles. The van der Waals surface area contributed by atoms with Crippen LogP contribution in [0.2, 0.25) is 0 Å². The van der Waals surface area contributed by atoms with E-state index in [2.05, 4.69) is 17.3 Å². The molecular weight excluding hydrogens is 240 g/mol. The molecule has 19 heavy (non-hydrogen) atoms. The smallest absolute Gasteiger partial charge is 0.257 e. The van der Waals surface area contributed by atoms with Crippen LogP contribution < -0.4 is 5.32 Å². The lowest BCUT2D eigenvalue weighted by Crippen LogP contribution is -2.40. The molecule has 1 saturated heterocycles. The molecule has 1 aliphatic heterocycles. The number of rotatable bonds is 4. The second-order valence-electron chi connectivity index (χ2n) is 5.35. The third kappa shape index (κ3) is 3.35. The van der Waals surface area contributed by atoms with Gasteiger partial charge in [0.15, 0.2) is 0 Å². The molecule has 1 aliphatic rings. The third-order valence-corrected chi connectivity index (χ3v) is 3.83. The molecule has 1 fully saturated rings. The Bertz CT molecular complexity index is 433. The standard InChI is InChI=1S/C14H24N4O/c1-4-15-9-12-5-7-18(8-6-12)14(19)13-10-17(3)16-11(13)2/h10,12,15H,4-9H2,1-3H3.